The van der Waals surface area contributed by atoms with Gasteiger partial charge in [-0.05, 0) is 6.42 Å². The minimum absolute atomic E-state index is 0.00275. The lowest BCUT2D eigenvalue weighted by Gasteiger charge is -2.34. The Bertz CT molecular complexity index is 403. The third-order valence-corrected chi connectivity index (χ3v) is 4.71. The summed E-state index contributed by atoms with van der Waals surface area (Å²) in [6, 6.07) is -1.15. The molecule has 106 valence electrons. The third kappa shape index (κ3) is 2.78. The lowest BCUT2D eigenvalue weighted by molar-refractivity contribution is -0.141. The van der Waals surface area contributed by atoms with Gasteiger partial charge in [-0.25, -0.2) is 9.59 Å². The van der Waals surface area contributed by atoms with E-state index in [-0.39, 0.29) is 23.9 Å². The zero-order valence-corrected chi connectivity index (χ0v) is 11.5. The van der Waals surface area contributed by atoms with Gasteiger partial charge in [0.15, 0.2) is 0 Å². The Labute approximate surface area is 115 Å². The van der Waals surface area contributed by atoms with Crippen LogP contribution in [-0.2, 0) is 9.59 Å². The van der Waals surface area contributed by atoms with Crippen molar-refractivity contribution >= 4 is 29.7 Å². The molecule has 0 spiro atoms. The highest BCUT2D eigenvalue weighted by Crippen LogP contribution is 2.32. The summed E-state index contributed by atoms with van der Waals surface area (Å²) in [5.41, 5.74) is 0. The molecule has 0 aliphatic carbocycles. The van der Waals surface area contributed by atoms with E-state index in [1.165, 1.54) is 21.6 Å². The Kier molecular flexibility index (Phi) is 4.18. The van der Waals surface area contributed by atoms with Crippen LogP contribution in [-0.4, -0.2) is 69.6 Å². The summed E-state index contributed by atoms with van der Waals surface area (Å²) < 4.78 is 0. The van der Waals surface area contributed by atoms with Gasteiger partial charge in [-0.2, -0.15) is 0 Å². The highest BCUT2D eigenvalue weighted by Gasteiger charge is 2.43. The first-order chi connectivity index (χ1) is 9.04. The Morgan fingerprint density at radius 1 is 1.53 bits per heavy atom. The van der Waals surface area contributed by atoms with Gasteiger partial charge in [-0.15, -0.1) is 11.8 Å². The van der Waals surface area contributed by atoms with Crippen LogP contribution in [0.15, 0.2) is 0 Å². The summed E-state index contributed by atoms with van der Waals surface area (Å²) in [6.07, 6.45) is 0.695. The van der Waals surface area contributed by atoms with Crippen LogP contribution in [0, 0.1) is 0 Å². The minimum atomic E-state index is -0.988. The van der Waals surface area contributed by atoms with E-state index < -0.39 is 12.0 Å². The summed E-state index contributed by atoms with van der Waals surface area (Å²) in [5.74, 6) is -0.788. The van der Waals surface area contributed by atoms with E-state index in [9.17, 15) is 19.5 Å². The molecule has 2 saturated heterocycles. The molecule has 2 rings (SSSR count). The molecule has 0 bridgehead atoms. The first-order valence-electron chi connectivity index (χ1n) is 6.23. The number of carboxylic acid groups (broad SMARTS) is 1. The smallest absolute Gasteiger partial charge is 0.327 e. The van der Waals surface area contributed by atoms with Crippen molar-refractivity contribution in [3.63, 3.8) is 0 Å². The second kappa shape index (κ2) is 5.68. The largest absolute Gasteiger partial charge is 0.480 e. The minimum Gasteiger partial charge on any atom is -0.480 e. The number of thioether (sulfide) groups is 1. The molecule has 0 saturated carbocycles. The highest BCUT2D eigenvalue weighted by molar-refractivity contribution is 8.00. The van der Waals surface area contributed by atoms with Gasteiger partial charge in [-0.1, -0.05) is 6.92 Å². The highest BCUT2D eigenvalue weighted by atomic mass is 32.2. The fourth-order valence-corrected chi connectivity index (χ4v) is 3.63. The molecule has 0 radical (unpaired) electrons. The van der Waals surface area contributed by atoms with Crippen LogP contribution < -0.4 is 5.32 Å². The molecule has 2 aliphatic rings. The summed E-state index contributed by atoms with van der Waals surface area (Å²) in [6.45, 7) is 2.77. The first kappa shape index (κ1) is 14.0. The third-order valence-electron chi connectivity index (χ3n) is 3.26. The number of hydrogen-bond acceptors (Lipinski definition) is 4. The van der Waals surface area contributed by atoms with Gasteiger partial charge in [0.05, 0.1) is 5.37 Å². The number of carbonyl (C=O) groups is 3. The van der Waals surface area contributed by atoms with Gasteiger partial charge < -0.3 is 15.3 Å². The predicted molar refractivity (Wildman–Crippen MR) is 69.8 cm³/mol. The lowest BCUT2D eigenvalue weighted by Crippen LogP contribution is -2.57. The van der Waals surface area contributed by atoms with Crippen LogP contribution >= 0.6 is 11.8 Å². The van der Waals surface area contributed by atoms with Crippen LogP contribution in [0.5, 0.6) is 0 Å². The Balaban J connectivity index is 2.13. The molecule has 3 amide bonds. The molecular weight excluding hydrogens is 270 g/mol. The summed E-state index contributed by atoms with van der Waals surface area (Å²) in [7, 11) is 0. The van der Waals surface area contributed by atoms with Crippen LogP contribution in [0.3, 0.4) is 0 Å². The number of rotatable bonds is 2. The molecule has 2 atom stereocenters. The Hall–Kier alpha value is -1.44. The predicted octanol–water partition coefficient (Wildman–Crippen LogP) is -0.224. The summed E-state index contributed by atoms with van der Waals surface area (Å²) in [4.78, 5) is 37.8. The standard InChI is InChI=1S/C11H17N3O4S/c1-2-9-14(7(6-19-9)10(16)17)11(18)13-4-3-12-8(15)5-13/h7,9H,2-6H2,1H3,(H,12,15)(H,16,17). The number of hydrogen-bond donors (Lipinski definition) is 2. The zero-order valence-electron chi connectivity index (χ0n) is 10.7. The second-order valence-corrected chi connectivity index (χ2v) is 5.72. The fourth-order valence-electron chi connectivity index (χ4n) is 2.29. The van der Waals surface area contributed by atoms with Crippen LogP contribution in [0.25, 0.3) is 0 Å². The molecule has 0 aromatic heterocycles. The van der Waals surface area contributed by atoms with Gasteiger partial charge in [0.2, 0.25) is 5.91 Å². The van der Waals surface area contributed by atoms with Crippen LogP contribution in [0.2, 0.25) is 0 Å². The van der Waals surface area contributed by atoms with E-state index in [0.29, 0.717) is 25.3 Å². The second-order valence-electron chi connectivity index (χ2n) is 4.51. The quantitative estimate of drug-likeness (QED) is 0.732. The molecule has 8 heteroatoms. The van der Waals surface area contributed by atoms with Crippen molar-refractivity contribution in [3.8, 4) is 0 Å². The average molecular weight is 287 g/mol. The lowest BCUT2D eigenvalue weighted by atomic mass is 10.2. The van der Waals surface area contributed by atoms with Gasteiger partial charge in [0.1, 0.15) is 12.6 Å². The van der Waals surface area contributed by atoms with E-state index in [4.69, 9.17) is 0 Å². The summed E-state index contributed by atoms with van der Waals surface area (Å²) in [5, 5.41) is 11.7. The average Bonchev–Trinajstić information content (AvgIpc) is 2.81. The van der Waals surface area contributed by atoms with Gasteiger partial charge >= 0.3 is 12.0 Å². The van der Waals surface area contributed by atoms with Gasteiger partial charge in [-0.3, -0.25) is 9.69 Å². The van der Waals surface area contributed by atoms with Crippen molar-refractivity contribution in [1.29, 1.82) is 0 Å². The van der Waals surface area contributed by atoms with E-state index in [1.807, 2.05) is 6.92 Å². The number of nitrogens with zero attached hydrogens (tertiary/aromatic N) is 2. The topological polar surface area (TPSA) is 89.9 Å². The molecule has 7 nitrogen and oxygen atoms in total. The van der Waals surface area contributed by atoms with Crippen molar-refractivity contribution in [2.75, 3.05) is 25.4 Å². The fraction of sp³-hybridized carbons (Fsp3) is 0.727. The molecule has 2 unspecified atom stereocenters. The van der Waals surface area contributed by atoms with E-state index in [2.05, 4.69) is 5.32 Å². The Morgan fingerprint density at radius 3 is 2.84 bits per heavy atom. The molecule has 0 aromatic carbocycles. The molecule has 2 heterocycles. The summed E-state index contributed by atoms with van der Waals surface area (Å²) >= 11 is 1.48. The number of piperazine rings is 1. The van der Waals surface area contributed by atoms with Gasteiger partial charge in [0, 0.05) is 18.8 Å². The zero-order chi connectivity index (χ0) is 14.0. The van der Waals surface area contributed by atoms with Crippen molar-refractivity contribution in [2.24, 2.45) is 0 Å². The number of amides is 3. The number of carbonyl (C=O) groups excluding carboxylic acids is 2. The number of nitrogens with one attached hydrogen (secondary N) is 1. The number of carboxylic acids is 1. The van der Waals surface area contributed by atoms with E-state index in [0.717, 1.165) is 0 Å². The van der Waals surface area contributed by atoms with Crippen molar-refractivity contribution in [1.82, 2.24) is 15.1 Å². The molecule has 2 fully saturated rings. The number of aliphatic carboxylic acids is 1. The van der Waals surface area contributed by atoms with E-state index >= 15 is 0 Å². The number of urea groups is 1. The molecule has 2 aliphatic heterocycles. The molecule has 0 aromatic rings. The Morgan fingerprint density at radius 2 is 2.26 bits per heavy atom. The molecule has 19 heavy (non-hydrogen) atoms. The van der Waals surface area contributed by atoms with Crippen molar-refractivity contribution in [2.45, 2.75) is 24.8 Å². The van der Waals surface area contributed by atoms with E-state index in [1.54, 1.807) is 0 Å². The maximum Gasteiger partial charge on any atom is 0.327 e. The SMILES string of the molecule is CCC1SCC(C(=O)O)N1C(=O)N1CCNC(=O)C1. The maximum atomic E-state index is 12.4. The monoisotopic (exact) mass is 287 g/mol. The first-order valence-corrected chi connectivity index (χ1v) is 7.27. The van der Waals surface area contributed by atoms with Crippen LogP contribution in [0.4, 0.5) is 4.79 Å². The van der Waals surface area contributed by atoms with Gasteiger partial charge in [0.25, 0.3) is 0 Å². The van der Waals surface area contributed by atoms with Crippen molar-refractivity contribution < 1.29 is 19.5 Å². The molecular formula is C11H17N3O4S. The maximum absolute atomic E-state index is 12.4. The van der Waals surface area contributed by atoms with Crippen molar-refractivity contribution in [3.05, 3.63) is 0 Å². The molecule has 2 N–H and O–H groups in total. The van der Waals surface area contributed by atoms with Crippen LogP contribution in [0.1, 0.15) is 13.3 Å². The normalized spacial score (nSPS) is 27.3.